The van der Waals surface area contributed by atoms with Crippen LogP contribution in [0.4, 0.5) is 34.1 Å². The molecule has 10 aromatic carbocycles. The molecule has 0 aliphatic carbocycles. The van der Waals surface area contributed by atoms with E-state index in [1.807, 2.05) is 0 Å². The van der Waals surface area contributed by atoms with Crippen molar-refractivity contribution in [3.8, 4) is 55.6 Å². The monoisotopic (exact) mass is 904 g/mol. The van der Waals surface area contributed by atoms with Gasteiger partial charge in [0.15, 0.2) is 0 Å². The van der Waals surface area contributed by atoms with Crippen LogP contribution in [0.2, 0.25) is 0 Å². The van der Waals surface area contributed by atoms with Crippen molar-refractivity contribution in [2.45, 2.75) is 53.4 Å². The molecule has 0 bridgehead atoms. The van der Waals surface area contributed by atoms with E-state index < -0.39 is 0 Å². The summed E-state index contributed by atoms with van der Waals surface area (Å²) in [5, 5.41) is 0. The van der Waals surface area contributed by atoms with Gasteiger partial charge in [0.2, 0.25) is 0 Å². The largest absolute Gasteiger partial charge is 0.310 e. The van der Waals surface area contributed by atoms with E-state index in [2.05, 4.69) is 294 Å². The molecule has 0 saturated heterocycles. The van der Waals surface area contributed by atoms with Crippen LogP contribution in [0.25, 0.3) is 55.6 Å². The number of hydrogen-bond donors (Lipinski definition) is 0. The van der Waals surface area contributed by atoms with E-state index in [1.165, 1.54) is 77.9 Å². The number of rotatable bonds is 13. The first-order valence-electron chi connectivity index (χ1n) is 24.7. The minimum atomic E-state index is 0.504. The topological polar surface area (TPSA) is 6.48 Å². The summed E-state index contributed by atoms with van der Waals surface area (Å²) < 4.78 is 0. The summed E-state index contributed by atoms with van der Waals surface area (Å²) in [7, 11) is 0. The lowest BCUT2D eigenvalue weighted by Crippen LogP contribution is -2.11. The molecule has 0 aromatic heterocycles. The van der Waals surface area contributed by atoms with Crippen LogP contribution in [0.1, 0.15) is 61.8 Å². The van der Waals surface area contributed by atoms with Crippen LogP contribution < -0.4 is 9.80 Å². The number of hydrogen-bond acceptors (Lipinski definition) is 2. The highest BCUT2D eigenvalue weighted by molar-refractivity contribution is 5.85. The summed E-state index contributed by atoms with van der Waals surface area (Å²) >= 11 is 0. The van der Waals surface area contributed by atoms with Gasteiger partial charge in [-0.3, -0.25) is 0 Å². The molecule has 0 unspecified atom stereocenters. The molecule has 2 heteroatoms. The second-order valence-electron chi connectivity index (χ2n) is 19.1. The molecule has 0 radical (unpaired) electrons. The standard InChI is InChI=1S/C68H60N2/c1-47(2)51-17-21-55(22-18-51)59-29-37-63(38-30-59)69(61-33-25-57(26-34-61)53-13-9-7-10-14-53)65-41-43-67(49(5)45-65)68-44-42-66(46-50(68)6)70(62-35-27-58(28-36-62)54-15-11-8-12-16-54)64-39-31-60(32-40-64)56-23-19-52(20-24-56)48(3)4/h7-48H,1-6H3. The molecular weight excluding hydrogens is 845 g/mol. The third kappa shape index (κ3) is 9.73. The summed E-state index contributed by atoms with van der Waals surface area (Å²) in [5.74, 6) is 1.01. The second-order valence-corrected chi connectivity index (χ2v) is 19.1. The lowest BCUT2D eigenvalue weighted by Gasteiger charge is -2.28. The van der Waals surface area contributed by atoms with Crippen molar-refractivity contribution in [2.24, 2.45) is 0 Å². The van der Waals surface area contributed by atoms with Gasteiger partial charge in [-0.15, -0.1) is 0 Å². The van der Waals surface area contributed by atoms with E-state index in [9.17, 15) is 0 Å². The number of nitrogens with zero attached hydrogens (tertiary/aromatic N) is 2. The van der Waals surface area contributed by atoms with Crippen LogP contribution >= 0.6 is 0 Å². The molecule has 0 heterocycles. The van der Waals surface area contributed by atoms with E-state index in [1.54, 1.807) is 0 Å². The summed E-state index contributed by atoms with van der Waals surface area (Å²) in [6.45, 7) is 13.5. The Balaban J connectivity index is 0.985. The van der Waals surface area contributed by atoms with E-state index in [0.29, 0.717) is 11.8 Å². The van der Waals surface area contributed by atoms with Crippen LogP contribution in [0.3, 0.4) is 0 Å². The SMILES string of the molecule is Cc1cc(N(c2ccc(-c3ccccc3)cc2)c2ccc(-c3ccc(C(C)C)cc3)cc2)ccc1-c1ccc(N(c2ccc(-c3ccccc3)cc2)c2ccc(-c3ccc(C(C)C)cc3)cc2)cc1C. The summed E-state index contributed by atoms with van der Waals surface area (Å²) in [6.07, 6.45) is 0. The van der Waals surface area contributed by atoms with Crippen LogP contribution in [-0.4, -0.2) is 0 Å². The highest BCUT2D eigenvalue weighted by Gasteiger charge is 2.19. The van der Waals surface area contributed by atoms with Gasteiger partial charge in [0.25, 0.3) is 0 Å². The molecule has 0 saturated carbocycles. The van der Waals surface area contributed by atoms with Gasteiger partial charge in [0.05, 0.1) is 0 Å². The number of aryl methyl sites for hydroxylation is 2. The van der Waals surface area contributed by atoms with Crippen molar-refractivity contribution < 1.29 is 0 Å². The van der Waals surface area contributed by atoms with Gasteiger partial charge in [-0.25, -0.2) is 0 Å². The fourth-order valence-electron chi connectivity index (χ4n) is 9.67. The minimum absolute atomic E-state index is 0.504. The molecule has 0 aliphatic heterocycles. The Morgan fingerprint density at radius 1 is 0.243 bits per heavy atom. The zero-order valence-electron chi connectivity index (χ0n) is 41.1. The van der Waals surface area contributed by atoms with Crippen LogP contribution in [0.5, 0.6) is 0 Å². The molecule has 10 rings (SSSR count). The first-order valence-corrected chi connectivity index (χ1v) is 24.7. The zero-order valence-corrected chi connectivity index (χ0v) is 41.1. The lowest BCUT2D eigenvalue weighted by atomic mass is 9.95. The predicted octanol–water partition coefficient (Wildman–Crippen LogP) is 19.8. The van der Waals surface area contributed by atoms with Crippen LogP contribution in [0, 0.1) is 13.8 Å². The van der Waals surface area contributed by atoms with Gasteiger partial charge < -0.3 is 9.80 Å². The Morgan fingerprint density at radius 2 is 0.471 bits per heavy atom. The second kappa shape index (κ2) is 20.2. The Labute approximate surface area is 415 Å². The van der Waals surface area contributed by atoms with Crippen molar-refractivity contribution in [1.82, 2.24) is 0 Å². The third-order valence-corrected chi connectivity index (χ3v) is 13.8. The summed E-state index contributed by atoms with van der Waals surface area (Å²) in [4.78, 5) is 4.75. The quantitative estimate of drug-likeness (QED) is 0.114. The molecule has 2 nitrogen and oxygen atoms in total. The van der Waals surface area contributed by atoms with Gasteiger partial charge in [-0.2, -0.15) is 0 Å². The first-order chi connectivity index (χ1) is 34.2. The molecule has 0 spiro atoms. The normalized spacial score (nSPS) is 11.3. The highest BCUT2D eigenvalue weighted by Crippen LogP contribution is 2.42. The van der Waals surface area contributed by atoms with E-state index >= 15 is 0 Å². The zero-order chi connectivity index (χ0) is 48.1. The summed E-state index contributed by atoms with van der Waals surface area (Å²) in [5.41, 5.74) is 23.9. The van der Waals surface area contributed by atoms with Gasteiger partial charge in [-0.1, -0.05) is 198 Å². The highest BCUT2D eigenvalue weighted by atomic mass is 15.1. The van der Waals surface area contributed by atoms with Crippen molar-refractivity contribution in [1.29, 1.82) is 0 Å². The third-order valence-electron chi connectivity index (χ3n) is 13.8. The molecule has 0 aliphatic rings. The lowest BCUT2D eigenvalue weighted by molar-refractivity contribution is 0.867. The van der Waals surface area contributed by atoms with Crippen LogP contribution in [-0.2, 0) is 0 Å². The van der Waals surface area contributed by atoms with Gasteiger partial charge in [0, 0.05) is 34.1 Å². The average molecular weight is 905 g/mol. The van der Waals surface area contributed by atoms with Crippen molar-refractivity contribution in [3.63, 3.8) is 0 Å². The number of anilines is 6. The van der Waals surface area contributed by atoms with E-state index in [-0.39, 0.29) is 0 Å². The molecule has 0 N–H and O–H groups in total. The smallest absolute Gasteiger partial charge is 0.0464 e. The summed E-state index contributed by atoms with van der Waals surface area (Å²) in [6, 6.07) is 88.9. The molecule has 0 atom stereocenters. The van der Waals surface area contributed by atoms with Gasteiger partial charge in [-0.05, 0) is 176 Å². The fourth-order valence-corrected chi connectivity index (χ4v) is 9.67. The van der Waals surface area contributed by atoms with Crippen molar-refractivity contribution in [2.75, 3.05) is 9.80 Å². The molecular formula is C68H60N2. The molecule has 0 fully saturated rings. The maximum Gasteiger partial charge on any atom is 0.0464 e. The van der Waals surface area contributed by atoms with Crippen molar-refractivity contribution >= 4 is 34.1 Å². The minimum Gasteiger partial charge on any atom is -0.310 e. The maximum atomic E-state index is 2.38. The van der Waals surface area contributed by atoms with Crippen LogP contribution in [0.15, 0.2) is 243 Å². The first kappa shape index (κ1) is 45.6. The average Bonchev–Trinajstić information content (AvgIpc) is 3.40. The van der Waals surface area contributed by atoms with Gasteiger partial charge in [0.1, 0.15) is 0 Å². The maximum absolute atomic E-state index is 2.38. The van der Waals surface area contributed by atoms with Crippen molar-refractivity contribution in [3.05, 3.63) is 265 Å². The number of benzene rings is 10. The van der Waals surface area contributed by atoms with Gasteiger partial charge >= 0.3 is 0 Å². The molecule has 70 heavy (non-hydrogen) atoms. The molecule has 342 valence electrons. The Hall–Kier alpha value is -8.20. The Bertz CT molecular complexity index is 3090. The fraction of sp³-hybridized carbons (Fsp3) is 0.118. The molecule has 10 aromatic rings. The Kier molecular flexibility index (Phi) is 13.1. The molecule has 0 amide bonds. The van der Waals surface area contributed by atoms with E-state index in [4.69, 9.17) is 0 Å². The Morgan fingerprint density at radius 3 is 0.714 bits per heavy atom. The predicted molar refractivity (Wildman–Crippen MR) is 301 cm³/mol. The van der Waals surface area contributed by atoms with E-state index in [0.717, 1.165) is 34.1 Å².